The first-order valence-corrected chi connectivity index (χ1v) is 8.22. The average Bonchev–Trinajstić information content (AvgIpc) is 2.96. The van der Waals surface area contributed by atoms with E-state index in [9.17, 15) is 9.59 Å². The molecule has 0 saturated carbocycles. The normalized spacial score (nSPS) is 16.7. The number of carbonyl (C=O) groups excluding carboxylic acids is 2. The summed E-state index contributed by atoms with van der Waals surface area (Å²) >= 11 is 1.53. The lowest BCUT2D eigenvalue weighted by Crippen LogP contribution is -2.41. The van der Waals surface area contributed by atoms with E-state index in [4.69, 9.17) is 0 Å². The van der Waals surface area contributed by atoms with Gasteiger partial charge in [0.25, 0.3) is 11.8 Å². The summed E-state index contributed by atoms with van der Waals surface area (Å²) in [5, 5.41) is 0. The fraction of sp³-hybridized carbons (Fsp3) is 0.294. The zero-order valence-corrected chi connectivity index (χ0v) is 13.2. The number of carbonyl (C=O) groups is 2. The maximum absolute atomic E-state index is 12.2. The fourth-order valence-electron chi connectivity index (χ4n) is 2.65. The number of aryl methyl sites for hydroxylation is 1. The molecular formula is C17H18N2O2S. The number of fused-ring (bicyclic) bond motifs is 1. The fourth-order valence-corrected chi connectivity index (χ4v) is 3.76. The van der Waals surface area contributed by atoms with Gasteiger partial charge in [0, 0.05) is 10.4 Å². The Labute approximate surface area is 133 Å². The third kappa shape index (κ3) is 3.20. The van der Waals surface area contributed by atoms with Crippen LogP contribution in [0.2, 0.25) is 0 Å². The van der Waals surface area contributed by atoms with Crippen molar-refractivity contribution in [3.8, 4) is 0 Å². The lowest BCUT2D eigenvalue weighted by atomic mass is 9.90. The third-order valence-electron chi connectivity index (χ3n) is 3.88. The zero-order chi connectivity index (χ0) is 15.5. The van der Waals surface area contributed by atoms with Crippen molar-refractivity contribution in [1.29, 1.82) is 0 Å². The van der Waals surface area contributed by atoms with E-state index in [-0.39, 0.29) is 11.8 Å². The summed E-state index contributed by atoms with van der Waals surface area (Å²) in [6.45, 7) is 2.24. The van der Waals surface area contributed by atoms with Gasteiger partial charge in [-0.15, -0.1) is 11.3 Å². The smallest absolute Gasteiger partial charge is 0.267 e. The van der Waals surface area contributed by atoms with E-state index >= 15 is 0 Å². The minimum atomic E-state index is -0.316. The molecule has 22 heavy (non-hydrogen) atoms. The summed E-state index contributed by atoms with van der Waals surface area (Å²) in [5.74, 6) is 0.107. The molecule has 1 heterocycles. The molecule has 4 nitrogen and oxygen atoms in total. The Hall–Kier alpha value is -2.14. The molecule has 1 atom stereocenters. The van der Waals surface area contributed by atoms with Crippen LogP contribution < -0.4 is 10.9 Å². The second kappa shape index (κ2) is 6.32. The van der Waals surface area contributed by atoms with Crippen LogP contribution in [0.5, 0.6) is 0 Å². The van der Waals surface area contributed by atoms with Crippen molar-refractivity contribution in [3.05, 3.63) is 57.3 Å². The van der Waals surface area contributed by atoms with Crippen LogP contribution in [0.4, 0.5) is 0 Å². The predicted molar refractivity (Wildman–Crippen MR) is 86.9 cm³/mol. The molecule has 5 heteroatoms. The molecule has 0 spiro atoms. The molecule has 0 saturated heterocycles. The van der Waals surface area contributed by atoms with E-state index in [0.717, 1.165) is 12.8 Å². The van der Waals surface area contributed by atoms with Crippen molar-refractivity contribution in [2.45, 2.75) is 26.2 Å². The third-order valence-corrected chi connectivity index (χ3v) is 5.11. The van der Waals surface area contributed by atoms with Gasteiger partial charge in [0.05, 0.1) is 4.88 Å². The number of benzene rings is 1. The first-order chi connectivity index (χ1) is 10.6. The highest BCUT2D eigenvalue weighted by molar-refractivity contribution is 7.14. The van der Waals surface area contributed by atoms with E-state index in [0.29, 0.717) is 16.4 Å². The van der Waals surface area contributed by atoms with Crippen LogP contribution in [0.25, 0.3) is 0 Å². The first kappa shape index (κ1) is 14.8. The number of nitrogens with one attached hydrogen (secondary N) is 2. The van der Waals surface area contributed by atoms with Gasteiger partial charge in [-0.05, 0) is 48.9 Å². The molecule has 1 aromatic heterocycles. The van der Waals surface area contributed by atoms with Gasteiger partial charge in [0.15, 0.2) is 0 Å². The van der Waals surface area contributed by atoms with Crippen LogP contribution in [0.15, 0.2) is 36.4 Å². The maximum Gasteiger partial charge on any atom is 0.279 e. The van der Waals surface area contributed by atoms with Crippen molar-refractivity contribution < 1.29 is 9.59 Å². The van der Waals surface area contributed by atoms with E-state index in [1.807, 2.05) is 12.1 Å². The Morgan fingerprint density at radius 2 is 1.86 bits per heavy atom. The topological polar surface area (TPSA) is 58.2 Å². The Morgan fingerprint density at radius 1 is 1.14 bits per heavy atom. The maximum atomic E-state index is 12.2. The van der Waals surface area contributed by atoms with E-state index in [2.05, 4.69) is 17.8 Å². The number of hydrogen-bond donors (Lipinski definition) is 2. The zero-order valence-electron chi connectivity index (χ0n) is 12.4. The van der Waals surface area contributed by atoms with Crippen molar-refractivity contribution >= 4 is 23.2 Å². The van der Waals surface area contributed by atoms with E-state index in [1.165, 1.54) is 28.2 Å². The highest BCUT2D eigenvalue weighted by Crippen LogP contribution is 2.32. The van der Waals surface area contributed by atoms with Crippen LogP contribution in [0.3, 0.4) is 0 Å². The lowest BCUT2D eigenvalue weighted by Gasteiger charge is -2.16. The second-order valence-electron chi connectivity index (χ2n) is 5.68. The highest BCUT2D eigenvalue weighted by Gasteiger charge is 2.20. The van der Waals surface area contributed by atoms with Gasteiger partial charge < -0.3 is 0 Å². The van der Waals surface area contributed by atoms with Gasteiger partial charge >= 0.3 is 0 Å². The Balaban J connectivity index is 1.62. The number of amides is 2. The number of hydrazine groups is 1. The predicted octanol–water partition coefficient (Wildman–Crippen LogP) is 2.95. The van der Waals surface area contributed by atoms with Crippen LogP contribution in [-0.2, 0) is 12.8 Å². The molecule has 1 unspecified atom stereocenters. The van der Waals surface area contributed by atoms with Crippen LogP contribution >= 0.6 is 11.3 Å². The van der Waals surface area contributed by atoms with Gasteiger partial charge in [-0.1, -0.05) is 25.1 Å². The van der Waals surface area contributed by atoms with Crippen molar-refractivity contribution in [2.75, 3.05) is 0 Å². The first-order valence-electron chi connectivity index (χ1n) is 7.41. The number of rotatable bonds is 2. The molecule has 0 radical (unpaired) electrons. The summed E-state index contributed by atoms with van der Waals surface area (Å²) in [6.07, 6.45) is 3.26. The summed E-state index contributed by atoms with van der Waals surface area (Å²) < 4.78 is 0. The standard InChI is InChI=1S/C17H18N2O2S/c1-11-7-8-14-13(9-11)10-15(22-14)17(21)19-18-16(20)12-5-3-2-4-6-12/h2-6,10-11H,7-9H2,1H3,(H,18,20)(H,19,21). The lowest BCUT2D eigenvalue weighted by molar-refractivity contribution is 0.0849. The van der Waals surface area contributed by atoms with Gasteiger partial charge in [0.2, 0.25) is 0 Å². The molecule has 2 amide bonds. The molecule has 1 aromatic carbocycles. The van der Waals surface area contributed by atoms with Crippen molar-refractivity contribution in [1.82, 2.24) is 10.9 Å². The SMILES string of the molecule is CC1CCc2sc(C(=O)NNC(=O)c3ccccc3)cc2C1. The van der Waals surface area contributed by atoms with Crippen molar-refractivity contribution in [3.63, 3.8) is 0 Å². The van der Waals surface area contributed by atoms with Gasteiger partial charge in [-0.3, -0.25) is 20.4 Å². The monoisotopic (exact) mass is 314 g/mol. The Bertz CT molecular complexity index is 694. The summed E-state index contributed by atoms with van der Waals surface area (Å²) in [6, 6.07) is 10.8. The second-order valence-corrected chi connectivity index (χ2v) is 6.82. The molecule has 2 aromatic rings. The largest absolute Gasteiger partial charge is 0.279 e. The molecule has 1 aliphatic carbocycles. The molecule has 114 valence electrons. The van der Waals surface area contributed by atoms with Gasteiger partial charge in [-0.25, -0.2) is 0 Å². The number of thiophene rings is 1. The minimum absolute atomic E-state index is 0.253. The van der Waals surface area contributed by atoms with Crippen LogP contribution in [0.1, 0.15) is 43.8 Å². The summed E-state index contributed by atoms with van der Waals surface area (Å²) in [5.41, 5.74) is 6.74. The molecule has 3 rings (SSSR count). The quantitative estimate of drug-likeness (QED) is 0.837. The summed E-state index contributed by atoms with van der Waals surface area (Å²) in [7, 11) is 0. The molecule has 1 aliphatic rings. The molecule has 0 fully saturated rings. The van der Waals surface area contributed by atoms with Crippen LogP contribution in [0, 0.1) is 5.92 Å². The molecule has 2 N–H and O–H groups in total. The van der Waals surface area contributed by atoms with Crippen LogP contribution in [-0.4, -0.2) is 11.8 Å². The average molecular weight is 314 g/mol. The highest BCUT2D eigenvalue weighted by atomic mass is 32.1. The molecule has 0 bridgehead atoms. The molecule has 0 aliphatic heterocycles. The van der Waals surface area contributed by atoms with Gasteiger partial charge in [0.1, 0.15) is 0 Å². The number of hydrogen-bond acceptors (Lipinski definition) is 3. The van der Waals surface area contributed by atoms with Gasteiger partial charge in [-0.2, -0.15) is 0 Å². The molecular weight excluding hydrogens is 296 g/mol. The Morgan fingerprint density at radius 3 is 2.64 bits per heavy atom. The van der Waals surface area contributed by atoms with Crippen molar-refractivity contribution in [2.24, 2.45) is 5.92 Å². The van der Waals surface area contributed by atoms with E-state index in [1.54, 1.807) is 24.3 Å². The minimum Gasteiger partial charge on any atom is -0.267 e. The van der Waals surface area contributed by atoms with E-state index < -0.39 is 0 Å². The summed E-state index contributed by atoms with van der Waals surface area (Å²) in [4.78, 5) is 26.0. The Kier molecular flexibility index (Phi) is 4.24.